The van der Waals surface area contributed by atoms with Gasteiger partial charge in [0.15, 0.2) is 11.6 Å². The Morgan fingerprint density at radius 1 is 1.19 bits per heavy atom. The summed E-state index contributed by atoms with van der Waals surface area (Å²) in [6.45, 7) is 7.85. The van der Waals surface area contributed by atoms with E-state index < -0.39 is 5.60 Å². The quantitative estimate of drug-likeness (QED) is 0.718. The number of hydrogen-bond acceptors (Lipinski definition) is 6. The molecule has 3 rings (SSSR count). The normalized spacial score (nSPS) is 11.8. The lowest BCUT2D eigenvalue weighted by atomic mass is 10.1. The SMILES string of the molecule is COc1ccccc1Cc1nc(-c2sc(C)nc2C)n(CC(C)(C)O)n1. The van der Waals surface area contributed by atoms with Gasteiger partial charge in [-0.3, -0.25) is 0 Å². The third-order valence-corrected chi connectivity index (χ3v) is 4.97. The Kier molecular flexibility index (Phi) is 5.11. The number of benzene rings is 1. The van der Waals surface area contributed by atoms with Crippen molar-refractivity contribution >= 4 is 11.3 Å². The average molecular weight is 372 g/mol. The second kappa shape index (κ2) is 7.17. The molecule has 1 N–H and O–H groups in total. The maximum absolute atomic E-state index is 10.3. The summed E-state index contributed by atoms with van der Waals surface area (Å²) in [6.07, 6.45) is 0.562. The lowest BCUT2D eigenvalue weighted by molar-refractivity contribution is 0.0581. The number of aliphatic hydroxyl groups is 1. The number of thiazole rings is 1. The Balaban J connectivity index is 2.02. The zero-order valence-corrected chi connectivity index (χ0v) is 16.6. The second-order valence-corrected chi connectivity index (χ2v) is 8.16. The molecule has 0 aliphatic carbocycles. The van der Waals surface area contributed by atoms with Crippen LogP contribution in [0.4, 0.5) is 0 Å². The molecule has 2 aromatic heterocycles. The fourth-order valence-corrected chi connectivity index (χ4v) is 3.78. The van der Waals surface area contributed by atoms with E-state index in [9.17, 15) is 5.11 Å². The Morgan fingerprint density at radius 2 is 1.92 bits per heavy atom. The van der Waals surface area contributed by atoms with Crippen LogP contribution in [0, 0.1) is 13.8 Å². The number of para-hydroxylation sites is 1. The standard InChI is InChI=1S/C19H24N4O2S/c1-12-17(26-13(2)20-12)18-21-16(22-23(18)11-19(3,4)24)10-14-8-6-7-9-15(14)25-5/h6-9,24H,10-11H2,1-5H3. The molecule has 0 saturated carbocycles. The molecule has 0 aliphatic rings. The molecule has 2 heterocycles. The molecule has 0 unspecified atom stereocenters. The molecule has 26 heavy (non-hydrogen) atoms. The minimum absolute atomic E-state index is 0.359. The fourth-order valence-electron chi connectivity index (χ4n) is 2.87. The summed E-state index contributed by atoms with van der Waals surface area (Å²) in [4.78, 5) is 10.3. The number of nitrogens with zero attached hydrogens (tertiary/aromatic N) is 4. The predicted octanol–water partition coefficient (Wildman–Crippen LogP) is 3.39. The van der Waals surface area contributed by atoms with E-state index in [1.165, 1.54) is 0 Å². The highest BCUT2D eigenvalue weighted by molar-refractivity contribution is 7.15. The number of rotatable bonds is 6. The summed E-state index contributed by atoms with van der Waals surface area (Å²) in [5.74, 6) is 2.26. The summed E-state index contributed by atoms with van der Waals surface area (Å²) in [5.41, 5.74) is 1.07. The topological polar surface area (TPSA) is 73.1 Å². The van der Waals surface area contributed by atoms with Gasteiger partial charge < -0.3 is 9.84 Å². The van der Waals surface area contributed by atoms with Gasteiger partial charge in [0.1, 0.15) is 5.75 Å². The summed E-state index contributed by atoms with van der Waals surface area (Å²) >= 11 is 1.59. The van der Waals surface area contributed by atoms with E-state index in [1.54, 1.807) is 37.0 Å². The van der Waals surface area contributed by atoms with Crippen LogP contribution in [0.25, 0.3) is 10.7 Å². The van der Waals surface area contributed by atoms with E-state index in [4.69, 9.17) is 9.72 Å². The summed E-state index contributed by atoms with van der Waals surface area (Å²) in [5, 5.41) is 15.9. The molecule has 0 amide bonds. The summed E-state index contributed by atoms with van der Waals surface area (Å²) in [7, 11) is 1.66. The highest BCUT2D eigenvalue weighted by Crippen LogP contribution is 2.30. The lowest BCUT2D eigenvalue weighted by Gasteiger charge is -2.17. The van der Waals surface area contributed by atoms with Crippen LogP contribution in [0.5, 0.6) is 5.75 Å². The van der Waals surface area contributed by atoms with E-state index in [-0.39, 0.29) is 0 Å². The highest BCUT2D eigenvalue weighted by atomic mass is 32.1. The number of aromatic nitrogens is 4. The van der Waals surface area contributed by atoms with Gasteiger partial charge in [0.05, 0.1) is 34.8 Å². The van der Waals surface area contributed by atoms with Crippen LogP contribution < -0.4 is 4.74 Å². The molecule has 1 aromatic carbocycles. The second-order valence-electron chi connectivity index (χ2n) is 6.96. The number of methoxy groups -OCH3 is 1. The maximum Gasteiger partial charge on any atom is 0.170 e. The van der Waals surface area contributed by atoms with Crippen molar-refractivity contribution in [1.82, 2.24) is 19.7 Å². The zero-order chi connectivity index (χ0) is 18.9. The third-order valence-electron chi connectivity index (χ3n) is 3.90. The van der Waals surface area contributed by atoms with Crippen molar-refractivity contribution in [3.63, 3.8) is 0 Å². The van der Waals surface area contributed by atoms with Gasteiger partial charge >= 0.3 is 0 Å². The van der Waals surface area contributed by atoms with Crippen LogP contribution in [0.1, 0.15) is 35.9 Å². The highest BCUT2D eigenvalue weighted by Gasteiger charge is 2.22. The van der Waals surface area contributed by atoms with Gasteiger partial charge in [0.2, 0.25) is 0 Å². The molecule has 0 bridgehead atoms. The molecular formula is C19H24N4O2S. The third kappa shape index (κ3) is 4.11. The molecule has 3 aromatic rings. The molecule has 6 nitrogen and oxygen atoms in total. The first kappa shape index (κ1) is 18.5. The molecule has 0 aliphatic heterocycles. The first-order chi connectivity index (χ1) is 12.3. The Bertz CT molecular complexity index is 909. The first-order valence-corrected chi connectivity index (χ1v) is 9.31. The number of ether oxygens (including phenoxy) is 1. The van der Waals surface area contributed by atoms with E-state index in [0.717, 1.165) is 32.7 Å². The van der Waals surface area contributed by atoms with Crippen molar-refractivity contribution in [2.45, 2.75) is 46.3 Å². The first-order valence-electron chi connectivity index (χ1n) is 8.49. The van der Waals surface area contributed by atoms with E-state index >= 15 is 0 Å². The van der Waals surface area contributed by atoms with Gasteiger partial charge in [-0.15, -0.1) is 11.3 Å². The van der Waals surface area contributed by atoms with Crippen LogP contribution >= 0.6 is 11.3 Å². The van der Waals surface area contributed by atoms with Crippen LogP contribution in [0.3, 0.4) is 0 Å². The van der Waals surface area contributed by atoms with E-state index in [0.29, 0.717) is 18.8 Å². The Hall–Kier alpha value is -2.25. The number of hydrogen-bond donors (Lipinski definition) is 1. The zero-order valence-electron chi connectivity index (χ0n) is 15.8. The van der Waals surface area contributed by atoms with Crippen molar-refractivity contribution in [3.05, 3.63) is 46.4 Å². The van der Waals surface area contributed by atoms with Gasteiger partial charge in [-0.05, 0) is 33.8 Å². The molecule has 0 spiro atoms. The smallest absolute Gasteiger partial charge is 0.170 e. The van der Waals surface area contributed by atoms with Crippen molar-refractivity contribution in [3.8, 4) is 16.5 Å². The summed E-state index contributed by atoms with van der Waals surface area (Å²) < 4.78 is 7.21. The largest absolute Gasteiger partial charge is 0.496 e. The van der Waals surface area contributed by atoms with E-state index in [1.807, 2.05) is 38.1 Å². The molecular weight excluding hydrogens is 348 g/mol. The molecule has 0 radical (unpaired) electrons. The monoisotopic (exact) mass is 372 g/mol. The summed E-state index contributed by atoms with van der Waals surface area (Å²) in [6, 6.07) is 7.86. The van der Waals surface area contributed by atoms with Gasteiger partial charge in [0, 0.05) is 12.0 Å². The van der Waals surface area contributed by atoms with Gasteiger partial charge in [-0.2, -0.15) is 5.10 Å². The predicted molar refractivity (Wildman–Crippen MR) is 103 cm³/mol. The van der Waals surface area contributed by atoms with Crippen molar-refractivity contribution in [2.24, 2.45) is 0 Å². The van der Waals surface area contributed by atoms with Crippen LogP contribution in [-0.4, -0.2) is 37.6 Å². The number of aryl methyl sites for hydroxylation is 2. The van der Waals surface area contributed by atoms with Crippen LogP contribution in [-0.2, 0) is 13.0 Å². The van der Waals surface area contributed by atoms with Crippen molar-refractivity contribution in [1.29, 1.82) is 0 Å². The van der Waals surface area contributed by atoms with Crippen LogP contribution in [0.15, 0.2) is 24.3 Å². The van der Waals surface area contributed by atoms with Gasteiger partial charge in [-0.1, -0.05) is 18.2 Å². The maximum atomic E-state index is 10.3. The van der Waals surface area contributed by atoms with Crippen molar-refractivity contribution in [2.75, 3.05) is 7.11 Å². The Labute approximate surface area is 157 Å². The molecule has 7 heteroatoms. The molecule has 138 valence electrons. The minimum atomic E-state index is -0.891. The molecule has 0 saturated heterocycles. The Morgan fingerprint density at radius 3 is 2.54 bits per heavy atom. The van der Waals surface area contributed by atoms with Gasteiger partial charge in [0.25, 0.3) is 0 Å². The van der Waals surface area contributed by atoms with Crippen molar-refractivity contribution < 1.29 is 9.84 Å². The molecule has 0 atom stereocenters. The van der Waals surface area contributed by atoms with Gasteiger partial charge in [-0.25, -0.2) is 14.6 Å². The lowest BCUT2D eigenvalue weighted by Crippen LogP contribution is -2.27. The minimum Gasteiger partial charge on any atom is -0.496 e. The van der Waals surface area contributed by atoms with Crippen LogP contribution in [0.2, 0.25) is 0 Å². The van der Waals surface area contributed by atoms with E-state index in [2.05, 4.69) is 10.1 Å². The average Bonchev–Trinajstić information content (AvgIpc) is 3.08. The molecule has 0 fully saturated rings. The fraction of sp³-hybridized carbons (Fsp3) is 0.421.